The fourth-order valence-corrected chi connectivity index (χ4v) is 2.81. The number of ether oxygens (including phenoxy) is 2. The standard InChI is InChI=1S/C23H28N2O4/c1-16(24-22(26)15-8-18-6-11-20(28-4)12-7-18)23(27)25(3)17(2)19-9-13-21(29-5)14-10-19/h6-17H,1-5H3,(H,24,26)/b15-8+. The molecule has 2 aromatic rings. The van der Waals surface area contributed by atoms with Gasteiger partial charge in [-0.1, -0.05) is 24.3 Å². The third-order valence-electron chi connectivity index (χ3n) is 4.80. The maximum Gasteiger partial charge on any atom is 0.245 e. The summed E-state index contributed by atoms with van der Waals surface area (Å²) in [5, 5.41) is 2.72. The van der Waals surface area contributed by atoms with E-state index in [1.165, 1.54) is 6.08 Å². The number of nitrogens with zero attached hydrogens (tertiary/aromatic N) is 1. The first-order chi connectivity index (χ1) is 13.8. The highest BCUT2D eigenvalue weighted by atomic mass is 16.5. The van der Waals surface area contributed by atoms with Crippen LogP contribution in [-0.2, 0) is 9.59 Å². The maximum atomic E-state index is 12.7. The van der Waals surface area contributed by atoms with Gasteiger partial charge in [0, 0.05) is 13.1 Å². The van der Waals surface area contributed by atoms with Gasteiger partial charge >= 0.3 is 0 Å². The number of nitrogens with one attached hydrogen (secondary N) is 1. The molecule has 2 rings (SSSR count). The topological polar surface area (TPSA) is 67.9 Å². The predicted molar refractivity (Wildman–Crippen MR) is 114 cm³/mol. The highest BCUT2D eigenvalue weighted by Gasteiger charge is 2.23. The van der Waals surface area contributed by atoms with E-state index in [0.717, 1.165) is 22.6 Å². The van der Waals surface area contributed by atoms with Crippen molar-refractivity contribution < 1.29 is 19.1 Å². The molecule has 2 amide bonds. The van der Waals surface area contributed by atoms with Crippen LogP contribution in [0.25, 0.3) is 6.08 Å². The molecule has 2 unspecified atom stereocenters. The van der Waals surface area contributed by atoms with Gasteiger partial charge in [0.25, 0.3) is 0 Å². The minimum atomic E-state index is -0.645. The van der Waals surface area contributed by atoms with Gasteiger partial charge in [-0.05, 0) is 55.3 Å². The minimum Gasteiger partial charge on any atom is -0.497 e. The minimum absolute atomic E-state index is 0.136. The van der Waals surface area contributed by atoms with E-state index in [1.807, 2.05) is 55.5 Å². The van der Waals surface area contributed by atoms with E-state index < -0.39 is 6.04 Å². The zero-order valence-electron chi connectivity index (χ0n) is 17.5. The van der Waals surface area contributed by atoms with E-state index in [1.54, 1.807) is 39.2 Å². The second kappa shape index (κ2) is 10.3. The Morgan fingerprint density at radius 1 is 0.931 bits per heavy atom. The van der Waals surface area contributed by atoms with Gasteiger partial charge in [-0.3, -0.25) is 9.59 Å². The molecule has 0 aliphatic rings. The third kappa shape index (κ3) is 6.10. The van der Waals surface area contributed by atoms with Gasteiger partial charge in [-0.25, -0.2) is 0 Å². The second-order valence-electron chi connectivity index (χ2n) is 6.74. The molecule has 2 atom stereocenters. The van der Waals surface area contributed by atoms with Gasteiger partial charge in [-0.15, -0.1) is 0 Å². The van der Waals surface area contributed by atoms with Gasteiger partial charge in [0.05, 0.1) is 20.3 Å². The largest absolute Gasteiger partial charge is 0.497 e. The lowest BCUT2D eigenvalue weighted by Crippen LogP contribution is -2.45. The Morgan fingerprint density at radius 3 is 1.97 bits per heavy atom. The van der Waals surface area contributed by atoms with E-state index in [2.05, 4.69) is 5.32 Å². The summed E-state index contributed by atoms with van der Waals surface area (Å²) in [7, 11) is 4.94. The van der Waals surface area contributed by atoms with Gasteiger partial charge in [0.2, 0.25) is 11.8 Å². The van der Waals surface area contributed by atoms with E-state index in [9.17, 15) is 9.59 Å². The predicted octanol–water partition coefficient (Wildman–Crippen LogP) is 3.44. The molecule has 0 heterocycles. The molecule has 2 aromatic carbocycles. The molecule has 0 aliphatic heterocycles. The number of hydrogen-bond donors (Lipinski definition) is 1. The van der Waals surface area contributed by atoms with Gasteiger partial charge in [0.15, 0.2) is 0 Å². The van der Waals surface area contributed by atoms with Crippen molar-refractivity contribution in [2.24, 2.45) is 0 Å². The normalized spacial score (nSPS) is 12.9. The Kier molecular flexibility index (Phi) is 7.83. The SMILES string of the molecule is COc1ccc(/C=C/C(=O)NC(C)C(=O)N(C)C(C)c2ccc(OC)cc2)cc1. The average molecular weight is 396 g/mol. The van der Waals surface area contributed by atoms with Crippen molar-refractivity contribution in [3.63, 3.8) is 0 Å². The van der Waals surface area contributed by atoms with Crippen LogP contribution in [0.2, 0.25) is 0 Å². The summed E-state index contributed by atoms with van der Waals surface area (Å²) in [5.74, 6) is 1.02. The molecule has 6 heteroatoms. The van der Waals surface area contributed by atoms with Crippen LogP contribution in [-0.4, -0.2) is 44.0 Å². The first-order valence-corrected chi connectivity index (χ1v) is 9.39. The number of amides is 2. The molecule has 0 aliphatic carbocycles. The van der Waals surface area contributed by atoms with Crippen molar-refractivity contribution in [3.05, 3.63) is 65.7 Å². The summed E-state index contributed by atoms with van der Waals surface area (Å²) >= 11 is 0. The number of carbonyl (C=O) groups excluding carboxylic acids is 2. The molecular formula is C23H28N2O4. The van der Waals surface area contributed by atoms with Gasteiger partial charge < -0.3 is 19.7 Å². The zero-order chi connectivity index (χ0) is 21.4. The fraction of sp³-hybridized carbons (Fsp3) is 0.304. The highest BCUT2D eigenvalue weighted by Crippen LogP contribution is 2.22. The van der Waals surface area contributed by atoms with E-state index in [4.69, 9.17) is 9.47 Å². The van der Waals surface area contributed by atoms with Crippen LogP contribution in [0, 0.1) is 0 Å². The maximum absolute atomic E-state index is 12.7. The van der Waals surface area contributed by atoms with Crippen molar-refractivity contribution in [1.82, 2.24) is 10.2 Å². The molecule has 0 fully saturated rings. The van der Waals surface area contributed by atoms with Crippen LogP contribution in [0.15, 0.2) is 54.6 Å². The number of carbonyl (C=O) groups is 2. The summed E-state index contributed by atoms with van der Waals surface area (Å²) in [6.45, 7) is 3.62. The molecule has 154 valence electrons. The van der Waals surface area contributed by atoms with E-state index in [-0.39, 0.29) is 17.9 Å². The molecule has 0 saturated carbocycles. The van der Waals surface area contributed by atoms with Crippen molar-refractivity contribution in [2.75, 3.05) is 21.3 Å². The average Bonchev–Trinajstić information content (AvgIpc) is 2.76. The van der Waals surface area contributed by atoms with Crippen molar-refractivity contribution >= 4 is 17.9 Å². The number of methoxy groups -OCH3 is 2. The fourth-order valence-electron chi connectivity index (χ4n) is 2.81. The smallest absolute Gasteiger partial charge is 0.245 e. The molecule has 6 nitrogen and oxygen atoms in total. The van der Waals surface area contributed by atoms with Crippen LogP contribution in [0.4, 0.5) is 0 Å². The molecule has 0 radical (unpaired) electrons. The zero-order valence-corrected chi connectivity index (χ0v) is 17.5. The summed E-state index contributed by atoms with van der Waals surface area (Å²) < 4.78 is 10.3. The Hall–Kier alpha value is -3.28. The number of rotatable bonds is 8. The Labute approximate surface area is 172 Å². The second-order valence-corrected chi connectivity index (χ2v) is 6.74. The number of hydrogen-bond acceptors (Lipinski definition) is 4. The molecule has 0 saturated heterocycles. The van der Waals surface area contributed by atoms with Crippen LogP contribution in [0.5, 0.6) is 11.5 Å². The summed E-state index contributed by atoms with van der Waals surface area (Å²) in [5.41, 5.74) is 1.85. The van der Waals surface area contributed by atoms with Crippen molar-refractivity contribution in [1.29, 1.82) is 0 Å². The first-order valence-electron chi connectivity index (χ1n) is 9.39. The summed E-state index contributed by atoms with van der Waals surface area (Å²) in [6, 6.07) is 14.1. The lowest BCUT2D eigenvalue weighted by atomic mass is 10.1. The van der Waals surface area contributed by atoms with Gasteiger partial charge in [-0.2, -0.15) is 0 Å². The van der Waals surface area contributed by atoms with Crippen molar-refractivity contribution in [2.45, 2.75) is 25.9 Å². The molecular weight excluding hydrogens is 368 g/mol. The van der Waals surface area contributed by atoms with Crippen LogP contribution < -0.4 is 14.8 Å². The molecule has 0 aromatic heterocycles. The number of likely N-dealkylation sites (N-methyl/N-ethyl adjacent to an activating group) is 1. The first kappa shape index (κ1) is 22.0. The lowest BCUT2D eigenvalue weighted by molar-refractivity contribution is -0.135. The third-order valence-corrected chi connectivity index (χ3v) is 4.80. The Balaban J connectivity index is 1.93. The monoisotopic (exact) mass is 396 g/mol. The quantitative estimate of drug-likeness (QED) is 0.694. The Morgan fingerprint density at radius 2 is 1.45 bits per heavy atom. The van der Waals surface area contributed by atoms with Crippen LogP contribution in [0.3, 0.4) is 0 Å². The van der Waals surface area contributed by atoms with Crippen LogP contribution in [0.1, 0.15) is 31.0 Å². The lowest BCUT2D eigenvalue weighted by Gasteiger charge is -2.28. The van der Waals surface area contributed by atoms with Crippen LogP contribution >= 0.6 is 0 Å². The molecule has 1 N–H and O–H groups in total. The molecule has 29 heavy (non-hydrogen) atoms. The summed E-state index contributed by atoms with van der Waals surface area (Å²) in [6.07, 6.45) is 3.11. The van der Waals surface area contributed by atoms with Crippen molar-refractivity contribution in [3.8, 4) is 11.5 Å². The van der Waals surface area contributed by atoms with E-state index in [0.29, 0.717) is 0 Å². The van der Waals surface area contributed by atoms with E-state index >= 15 is 0 Å². The molecule has 0 bridgehead atoms. The highest BCUT2D eigenvalue weighted by molar-refractivity contribution is 5.95. The number of benzene rings is 2. The summed E-state index contributed by atoms with van der Waals surface area (Å²) in [4.78, 5) is 26.5. The Bertz CT molecular complexity index is 844. The molecule has 0 spiro atoms. The van der Waals surface area contributed by atoms with Gasteiger partial charge in [0.1, 0.15) is 17.5 Å².